The van der Waals surface area contributed by atoms with Gasteiger partial charge in [0.15, 0.2) is 0 Å². The number of anilines is 2. The number of nitrogens with zero attached hydrogens (tertiary/aromatic N) is 8. The Morgan fingerprint density at radius 2 is 1.59 bits per heavy atom. The van der Waals surface area contributed by atoms with E-state index in [1.165, 1.54) is 31.7 Å². The van der Waals surface area contributed by atoms with Crippen molar-refractivity contribution in [3.63, 3.8) is 0 Å². The van der Waals surface area contributed by atoms with Gasteiger partial charge >= 0.3 is 17.1 Å². The molecule has 3 aliphatic heterocycles. The molecule has 266 valence electrons. The van der Waals surface area contributed by atoms with E-state index in [-0.39, 0.29) is 61.9 Å². The third kappa shape index (κ3) is 9.55. The van der Waals surface area contributed by atoms with Crippen molar-refractivity contribution in [3.05, 3.63) is 88.5 Å². The molecule has 3 aromatic rings. The highest BCUT2D eigenvalue weighted by Crippen LogP contribution is 2.31. The maximum Gasteiger partial charge on any atom is 0.351 e. The zero-order chi connectivity index (χ0) is 35.7. The fourth-order valence-electron chi connectivity index (χ4n) is 5.04. The van der Waals surface area contributed by atoms with Crippen molar-refractivity contribution < 1.29 is 29.5 Å². The topological polar surface area (TPSA) is 314 Å². The lowest BCUT2D eigenvalue weighted by atomic mass is 10.1. The number of thioether (sulfide) groups is 1. The van der Waals surface area contributed by atoms with Crippen LogP contribution in [0.5, 0.6) is 0 Å². The molecule has 0 aliphatic carbocycles. The van der Waals surface area contributed by atoms with Gasteiger partial charge in [0.25, 0.3) is 5.56 Å². The minimum absolute atomic E-state index is 0.0202. The van der Waals surface area contributed by atoms with Crippen LogP contribution in [0.15, 0.2) is 55.0 Å². The number of ether oxygens (including phenoxy) is 3. The lowest BCUT2D eigenvalue weighted by Gasteiger charge is -2.14. The number of hydrogen-bond donors (Lipinski definition) is 6. The summed E-state index contributed by atoms with van der Waals surface area (Å²) in [5.41, 5.74) is 17.4. The molecule has 0 amide bonds. The van der Waals surface area contributed by atoms with Crippen molar-refractivity contribution in [2.45, 2.75) is 68.6 Å². The van der Waals surface area contributed by atoms with E-state index in [1.807, 2.05) is 0 Å². The second-order valence-corrected chi connectivity index (χ2v) is 12.1. The molecule has 7 atom stereocenters. The molecule has 22 heteroatoms. The monoisotopic (exact) mass is 707 g/mol. The van der Waals surface area contributed by atoms with Crippen LogP contribution in [-0.4, -0.2) is 93.2 Å². The second kappa shape index (κ2) is 17.2. The maximum absolute atomic E-state index is 11.7. The van der Waals surface area contributed by atoms with E-state index < -0.39 is 41.0 Å². The largest absolute Gasteiger partial charge is 0.394 e. The first-order chi connectivity index (χ1) is 23.5. The fourth-order valence-corrected chi connectivity index (χ4v) is 5.97. The Kier molecular flexibility index (Phi) is 13.1. The average molecular weight is 708 g/mol. The summed E-state index contributed by atoms with van der Waals surface area (Å²) in [5.74, 6) is 1.02. The van der Waals surface area contributed by atoms with E-state index in [0.29, 0.717) is 17.7 Å². The molecule has 6 heterocycles. The summed E-state index contributed by atoms with van der Waals surface area (Å²) in [4.78, 5) is 57.9. The van der Waals surface area contributed by atoms with Gasteiger partial charge in [0, 0.05) is 41.2 Å². The molecule has 0 aromatic carbocycles. The van der Waals surface area contributed by atoms with Crippen LogP contribution in [0.25, 0.3) is 10.4 Å². The molecule has 8 N–H and O–H groups in total. The molecule has 3 fully saturated rings. The van der Waals surface area contributed by atoms with Gasteiger partial charge in [-0.05, 0) is 37.4 Å². The number of nitrogens with two attached hydrogens (primary N) is 2. The van der Waals surface area contributed by atoms with Crippen molar-refractivity contribution in [3.8, 4) is 0 Å². The molecule has 49 heavy (non-hydrogen) atoms. The Morgan fingerprint density at radius 3 is 2.12 bits per heavy atom. The molecule has 6 rings (SSSR count). The van der Waals surface area contributed by atoms with Gasteiger partial charge in [-0.15, -0.1) is 11.8 Å². The number of aromatic amines is 1. The SMILES string of the molecule is Cc1cn([C@H]2C[C@H](N=[N+]=[N-])[C@@H](CO)O2)c(=O)[nH]c1=O.Nc1ccn([C@@H]2CS[C@H](CO)O2)c(=O)n1.Nc1ccn([C@H]2CC[C@@H](CO)O2)c(=O)n1. The zero-order valence-corrected chi connectivity index (χ0v) is 27.0. The third-order valence-electron chi connectivity index (χ3n) is 7.54. The summed E-state index contributed by atoms with van der Waals surface area (Å²) in [5, 5.41) is 30.4. The zero-order valence-electron chi connectivity index (χ0n) is 26.2. The predicted octanol–water partition coefficient (Wildman–Crippen LogP) is -1.29. The Bertz CT molecular complexity index is 1780. The first kappa shape index (κ1) is 37.3. The lowest BCUT2D eigenvalue weighted by molar-refractivity contribution is -0.0271. The molecule has 0 saturated carbocycles. The molecule has 21 nitrogen and oxygen atoms in total. The number of aliphatic hydroxyl groups excluding tert-OH is 3. The quantitative estimate of drug-likeness (QED) is 0.0945. The average Bonchev–Trinajstić information content (AvgIpc) is 3.84. The summed E-state index contributed by atoms with van der Waals surface area (Å²) in [6.07, 6.45) is 4.02. The number of nitrogen functional groups attached to an aromatic ring is 2. The van der Waals surface area contributed by atoms with E-state index >= 15 is 0 Å². The van der Waals surface area contributed by atoms with Crippen LogP contribution in [0, 0.1) is 6.92 Å². The van der Waals surface area contributed by atoms with Crippen molar-refractivity contribution in [1.29, 1.82) is 0 Å². The van der Waals surface area contributed by atoms with Crippen LogP contribution in [-0.2, 0) is 14.2 Å². The molecular weight excluding hydrogens is 670 g/mol. The Hall–Kier alpha value is -4.54. The predicted molar refractivity (Wildman–Crippen MR) is 174 cm³/mol. The van der Waals surface area contributed by atoms with Crippen molar-refractivity contribution >= 4 is 23.4 Å². The summed E-state index contributed by atoms with van der Waals surface area (Å²) >= 11 is 1.47. The van der Waals surface area contributed by atoms with Crippen molar-refractivity contribution in [2.24, 2.45) is 5.11 Å². The summed E-state index contributed by atoms with van der Waals surface area (Å²) < 4.78 is 20.3. The van der Waals surface area contributed by atoms with Crippen LogP contribution in [0.2, 0.25) is 0 Å². The van der Waals surface area contributed by atoms with Gasteiger partial charge in [-0.3, -0.25) is 23.5 Å². The number of nitrogens with one attached hydrogen (secondary N) is 1. The molecule has 3 aromatic heterocycles. The number of aryl methyl sites for hydroxylation is 1. The second-order valence-electron chi connectivity index (χ2n) is 10.9. The van der Waals surface area contributed by atoms with Gasteiger partial charge in [0.05, 0.1) is 38.1 Å². The van der Waals surface area contributed by atoms with Gasteiger partial charge in [0.1, 0.15) is 35.8 Å². The van der Waals surface area contributed by atoms with Gasteiger partial charge < -0.3 is 41.0 Å². The number of hydrogen-bond acceptors (Lipinski definition) is 16. The highest BCUT2D eigenvalue weighted by molar-refractivity contribution is 8.00. The van der Waals surface area contributed by atoms with Gasteiger partial charge in [-0.2, -0.15) is 9.97 Å². The molecule has 3 saturated heterocycles. The molecule has 3 aliphatic rings. The number of aliphatic hydroxyl groups is 3. The van der Waals surface area contributed by atoms with Crippen molar-refractivity contribution in [1.82, 2.24) is 28.7 Å². The van der Waals surface area contributed by atoms with Crippen LogP contribution in [0.4, 0.5) is 11.6 Å². The van der Waals surface area contributed by atoms with Crippen LogP contribution in [0.3, 0.4) is 0 Å². The normalized spacial score (nSPS) is 25.8. The molecule has 0 radical (unpaired) electrons. The third-order valence-corrected chi connectivity index (χ3v) is 8.64. The summed E-state index contributed by atoms with van der Waals surface area (Å²) in [6.45, 7) is 1.18. The van der Waals surface area contributed by atoms with Gasteiger partial charge in [-0.25, -0.2) is 14.4 Å². The Balaban J connectivity index is 0.000000167. The van der Waals surface area contributed by atoms with E-state index in [4.69, 9.17) is 46.5 Å². The molecular formula is C27H37N11O10S. The molecule has 0 spiro atoms. The molecule has 0 bridgehead atoms. The number of rotatable bonds is 7. The minimum atomic E-state index is -0.671. The number of azide groups is 1. The highest BCUT2D eigenvalue weighted by Gasteiger charge is 2.36. The van der Waals surface area contributed by atoms with E-state index in [9.17, 15) is 19.2 Å². The fraction of sp³-hybridized carbons (Fsp3) is 0.556. The summed E-state index contributed by atoms with van der Waals surface area (Å²) in [7, 11) is 0. The first-order valence-corrected chi connectivity index (χ1v) is 16.0. The standard InChI is InChI=1S/C10H13N5O4.C9H13N3O3.C8H11N3O3S/c1-5-3-15(10(18)12-9(5)17)8-2-6(13-14-11)7(4-16)19-8;10-7-3-4-12(9(14)11-7)8-2-1-6(5-13)15-8;9-5-1-2-11(8(13)10-5)6-4-15-7(3-12)14-6/h3,6-8,16H,2,4H2,1H3,(H,12,17,18);3-4,6,8,13H,1-2,5H2,(H2,10,11,14);1-2,6-7,12H,3-4H2,(H2,9,10,13)/t6-,7+,8+;6-,8+;6-,7+/m000/s1. The smallest absolute Gasteiger partial charge is 0.351 e. The van der Waals surface area contributed by atoms with Gasteiger partial charge in [-0.1, -0.05) is 5.11 Å². The molecule has 0 unspecified atom stereocenters. The lowest BCUT2D eigenvalue weighted by Crippen LogP contribution is -2.33. The Labute approximate surface area is 280 Å². The van der Waals surface area contributed by atoms with Crippen LogP contribution < -0.4 is 34.1 Å². The maximum atomic E-state index is 11.7. The Morgan fingerprint density at radius 1 is 0.939 bits per heavy atom. The summed E-state index contributed by atoms with van der Waals surface area (Å²) in [6, 6.07) is 2.55. The van der Waals surface area contributed by atoms with Gasteiger partial charge in [0.2, 0.25) is 0 Å². The van der Waals surface area contributed by atoms with E-state index in [2.05, 4.69) is 25.0 Å². The van der Waals surface area contributed by atoms with E-state index in [1.54, 1.807) is 31.5 Å². The van der Waals surface area contributed by atoms with E-state index in [0.717, 1.165) is 6.42 Å². The minimum Gasteiger partial charge on any atom is -0.394 e. The van der Waals surface area contributed by atoms with Crippen LogP contribution >= 0.6 is 11.8 Å². The van der Waals surface area contributed by atoms with Crippen LogP contribution in [0.1, 0.15) is 43.5 Å². The van der Waals surface area contributed by atoms with Crippen molar-refractivity contribution in [2.75, 3.05) is 37.0 Å². The highest BCUT2D eigenvalue weighted by atomic mass is 32.2. The number of H-pyrrole nitrogens is 1. The number of aromatic nitrogens is 6. The first-order valence-electron chi connectivity index (χ1n) is 14.9.